The highest BCUT2D eigenvalue weighted by molar-refractivity contribution is 7.98. The van der Waals surface area contributed by atoms with Gasteiger partial charge >= 0.3 is 0 Å². The zero-order valence-corrected chi connectivity index (χ0v) is 10.8. The minimum atomic E-state index is 0.632. The third-order valence-electron chi connectivity index (χ3n) is 2.83. The Morgan fingerprint density at radius 2 is 2.11 bits per heavy atom. The first-order chi connectivity index (χ1) is 8.78. The van der Waals surface area contributed by atoms with Gasteiger partial charge in [-0.05, 0) is 19.1 Å². The average molecular weight is 259 g/mol. The van der Waals surface area contributed by atoms with Crippen molar-refractivity contribution in [3.63, 3.8) is 0 Å². The van der Waals surface area contributed by atoms with Crippen LogP contribution in [0.1, 0.15) is 17.0 Å². The zero-order chi connectivity index (χ0) is 12.5. The molecule has 0 aromatic carbocycles. The smallest absolute Gasteiger partial charge is 0.180 e. The normalized spacial score (nSPS) is 13.4. The lowest BCUT2D eigenvalue weighted by Crippen LogP contribution is -2.13. The predicted octanol–water partition coefficient (Wildman–Crippen LogP) is 1.88. The van der Waals surface area contributed by atoms with Gasteiger partial charge in [-0.3, -0.25) is 0 Å². The number of hydrogen-bond acceptors (Lipinski definition) is 6. The molecule has 0 saturated carbocycles. The summed E-state index contributed by atoms with van der Waals surface area (Å²) in [6, 6.07) is 5.82. The summed E-state index contributed by atoms with van der Waals surface area (Å²) >= 11 is 1.82. The second-order valence-electron chi connectivity index (χ2n) is 4.12. The molecule has 0 fully saturated rings. The van der Waals surface area contributed by atoms with Gasteiger partial charge in [-0.15, -0.1) is 0 Å². The first-order valence-corrected chi connectivity index (χ1v) is 6.81. The number of nitrogen functional groups attached to an aromatic ring is 1. The molecular weight excluding hydrogens is 246 g/mol. The summed E-state index contributed by atoms with van der Waals surface area (Å²) in [5, 5.41) is 0. The summed E-state index contributed by atoms with van der Waals surface area (Å²) in [6.45, 7) is 1.95. The topological polar surface area (TPSA) is 76.7 Å². The van der Waals surface area contributed by atoms with Crippen molar-refractivity contribution in [2.24, 2.45) is 5.84 Å². The Hall–Kier alpha value is -1.66. The van der Waals surface area contributed by atoms with Gasteiger partial charge in [0.25, 0.3) is 0 Å². The number of hydrogen-bond donors (Lipinski definition) is 2. The summed E-state index contributed by atoms with van der Waals surface area (Å²) in [4.78, 5) is 13.5. The van der Waals surface area contributed by atoms with Gasteiger partial charge in [-0.25, -0.2) is 20.8 Å². The van der Waals surface area contributed by atoms with E-state index in [-0.39, 0.29) is 0 Å². The number of nitrogens with two attached hydrogens (primary N) is 1. The maximum absolute atomic E-state index is 5.53. The van der Waals surface area contributed by atoms with E-state index in [0.29, 0.717) is 11.6 Å². The van der Waals surface area contributed by atoms with Crippen LogP contribution in [-0.2, 0) is 11.5 Å². The Kier molecular flexibility index (Phi) is 2.89. The second-order valence-corrected chi connectivity index (χ2v) is 5.11. The first-order valence-electron chi connectivity index (χ1n) is 5.66. The van der Waals surface area contributed by atoms with E-state index in [9.17, 15) is 0 Å². The van der Waals surface area contributed by atoms with Crippen molar-refractivity contribution in [3.05, 3.63) is 35.2 Å². The van der Waals surface area contributed by atoms with Crippen molar-refractivity contribution in [2.75, 3.05) is 5.43 Å². The fourth-order valence-corrected chi connectivity index (χ4v) is 2.99. The molecule has 1 aliphatic rings. The molecule has 2 aromatic rings. The molecule has 18 heavy (non-hydrogen) atoms. The molecule has 0 spiro atoms. The van der Waals surface area contributed by atoms with Crippen LogP contribution in [0.4, 0.5) is 5.82 Å². The number of fused-ring (bicyclic) bond motifs is 1. The number of rotatable bonds is 2. The number of nitrogens with one attached hydrogen (secondary N) is 1. The molecule has 5 nitrogen and oxygen atoms in total. The molecular formula is C12H13N5S. The highest BCUT2D eigenvalue weighted by Crippen LogP contribution is 2.33. The molecule has 0 unspecified atom stereocenters. The molecule has 92 valence electrons. The fraction of sp³-hybridized carbons (Fsp3) is 0.250. The maximum atomic E-state index is 5.53. The summed E-state index contributed by atoms with van der Waals surface area (Å²) < 4.78 is 0. The van der Waals surface area contributed by atoms with Crippen molar-refractivity contribution in [1.29, 1.82) is 0 Å². The van der Waals surface area contributed by atoms with Crippen LogP contribution in [0.25, 0.3) is 11.5 Å². The van der Waals surface area contributed by atoms with Gasteiger partial charge in [-0.1, -0.05) is 6.07 Å². The van der Waals surface area contributed by atoms with E-state index in [1.54, 1.807) is 0 Å². The lowest BCUT2D eigenvalue weighted by atomic mass is 10.2. The van der Waals surface area contributed by atoms with Crippen molar-refractivity contribution in [3.8, 4) is 11.5 Å². The van der Waals surface area contributed by atoms with Crippen LogP contribution >= 0.6 is 11.8 Å². The van der Waals surface area contributed by atoms with Gasteiger partial charge in [0.1, 0.15) is 11.5 Å². The minimum absolute atomic E-state index is 0.632. The molecule has 6 heteroatoms. The standard InChI is InChI=1S/C12H13N5S/c1-7-3-2-4-9(14-7)12-15-10-6-18-5-8(10)11(16-12)17-13/h2-4H,5-6,13H2,1H3,(H,15,16,17). The van der Waals surface area contributed by atoms with Gasteiger partial charge in [0.05, 0.1) is 5.69 Å². The summed E-state index contributed by atoms with van der Waals surface area (Å²) in [7, 11) is 0. The average Bonchev–Trinajstić information content (AvgIpc) is 2.85. The molecule has 2 aromatic heterocycles. The van der Waals surface area contributed by atoms with Gasteiger partial charge in [0.15, 0.2) is 5.82 Å². The quantitative estimate of drug-likeness (QED) is 0.633. The SMILES string of the molecule is Cc1cccc(-c2nc3c(c(NN)n2)CSC3)n1. The molecule has 0 atom stereocenters. The number of aryl methyl sites for hydroxylation is 1. The number of nitrogens with zero attached hydrogens (tertiary/aromatic N) is 3. The summed E-state index contributed by atoms with van der Waals surface area (Å²) in [5.74, 6) is 8.69. The number of pyridine rings is 1. The van der Waals surface area contributed by atoms with Crippen LogP contribution in [0.15, 0.2) is 18.2 Å². The molecule has 1 aliphatic heterocycles. The highest BCUT2D eigenvalue weighted by Gasteiger charge is 2.20. The van der Waals surface area contributed by atoms with E-state index in [1.165, 1.54) is 0 Å². The van der Waals surface area contributed by atoms with Crippen molar-refractivity contribution >= 4 is 17.6 Å². The zero-order valence-electron chi connectivity index (χ0n) is 9.97. The molecule has 3 N–H and O–H groups in total. The maximum Gasteiger partial charge on any atom is 0.180 e. The number of aromatic nitrogens is 3. The van der Waals surface area contributed by atoms with E-state index in [2.05, 4.69) is 20.4 Å². The number of thioether (sulfide) groups is 1. The Balaban J connectivity index is 2.13. The van der Waals surface area contributed by atoms with E-state index >= 15 is 0 Å². The third kappa shape index (κ3) is 1.93. The highest BCUT2D eigenvalue weighted by atomic mass is 32.2. The van der Waals surface area contributed by atoms with E-state index in [0.717, 1.165) is 34.2 Å². The predicted molar refractivity (Wildman–Crippen MR) is 72.8 cm³/mol. The van der Waals surface area contributed by atoms with Gasteiger partial charge < -0.3 is 5.43 Å². The van der Waals surface area contributed by atoms with Crippen molar-refractivity contribution < 1.29 is 0 Å². The van der Waals surface area contributed by atoms with Gasteiger partial charge in [0.2, 0.25) is 0 Å². The number of anilines is 1. The third-order valence-corrected chi connectivity index (χ3v) is 3.80. The summed E-state index contributed by atoms with van der Waals surface area (Å²) in [5.41, 5.74) is 6.56. The fourth-order valence-electron chi connectivity index (χ4n) is 1.95. The molecule has 0 aliphatic carbocycles. The Morgan fingerprint density at radius 1 is 1.22 bits per heavy atom. The van der Waals surface area contributed by atoms with Crippen LogP contribution in [0.5, 0.6) is 0 Å². The largest absolute Gasteiger partial charge is 0.308 e. The Morgan fingerprint density at radius 3 is 2.89 bits per heavy atom. The number of hydrazine groups is 1. The van der Waals surface area contributed by atoms with Gasteiger partial charge in [0, 0.05) is 22.8 Å². The molecule has 3 heterocycles. The van der Waals surface area contributed by atoms with E-state index < -0.39 is 0 Å². The second kappa shape index (κ2) is 4.55. The lowest BCUT2D eigenvalue weighted by molar-refractivity contribution is 1.04. The van der Waals surface area contributed by atoms with Crippen LogP contribution in [0.3, 0.4) is 0 Å². The minimum Gasteiger partial charge on any atom is -0.308 e. The Labute approximate surface area is 109 Å². The van der Waals surface area contributed by atoms with Crippen molar-refractivity contribution in [1.82, 2.24) is 15.0 Å². The first kappa shape index (κ1) is 11.4. The van der Waals surface area contributed by atoms with Crippen LogP contribution in [0, 0.1) is 6.92 Å². The monoisotopic (exact) mass is 259 g/mol. The molecule has 0 bridgehead atoms. The molecule has 0 saturated heterocycles. The lowest BCUT2D eigenvalue weighted by Gasteiger charge is -2.08. The van der Waals surface area contributed by atoms with Crippen LogP contribution in [-0.4, -0.2) is 15.0 Å². The van der Waals surface area contributed by atoms with Gasteiger partial charge in [-0.2, -0.15) is 11.8 Å². The van der Waals surface area contributed by atoms with E-state index in [4.69, 9.17) is 5.84 Å². The molecule has 0 amide bonds. The summed E-state index contributed by atoms with van der Waals surface area (Å²) in [6.07, 6.45) is 0. The van der Waals surface area contributed by atoms with Crippen LogP contribution < -0.4 is 11.3 Å². The molecule has 3 rings (SSSR count). The molecule has 0 radical (unpaired) electrons. The van der Waals surface area contributed by atoms with Crippen LogP contribution in [0.2, 0.25) is 0 Å². The van der Waals surface area contributed by atoms with E-state index in [1.807, 2.05) is 36.9 Å². The Bertz CT molecular complexity index is 599. The van der Waals surface area contributed by atoms with Crippen molar-refractivity contribution in [2.45, 2.75) is 18.4 Å².